The standard InChI is InChI=1S/C14H17BrClN3S/c1-5-17-14-11(7(2)3)8(4)18-13(19-14)10-6-9(15)12(16)20-10/h6-7H,5H2,1-4H3,(H,17,18,19). The smallest absolute Gasteiger partial charge is 0.171 e. The molecule has 0 radical (unpaired) electrons. The van der Waals surface area contributed by atoms with Crippen LogP contribution < -0.4 is 5.32 Å². The Labute approximate surface area is 136 Å². The number of hydrogen-bond donors (Lipinski definition) is 1. The summed E-state index contributed by atoms with van der Waals surface area (Å²) in [7, 11) is 0. The SMILES string of the molecule is CCNc1nc(-c2cc(Br)c(Cl)s2)nc(C)c1C(C)C. The zero-order valence-corrected chi connectivity index (χ0v) is 15.1. The van der Waals surface area contributed by atoms with E-state index in [0.29, 0.717) is 5.92 Å². The number of nitrogens with one attached hydrogen (secondary N) is 1. The van der Waals surface area contributed by atoms with E-state index in [1.807, 2.05) is 13.0 Å². The van der Waals surface area contributed by atoms with Crippen molar-refractivity contribution in [3.63, 3.8) is 0 Å². The van der Waals surface area contributed by atoms with Crippen molar-refractivity contribution in [3.8, 4) is 10.7 Å². The topological polar surface area (TPSA) is 37.8 Å². The predicted molar refractivity (Wildman–Crippen MR) is 91.0 cm³/mol. The van der Waals surface area contributed by atoms with Gasteiger partial charge in [-0.2, -0.15) is 0 Å². The summed E-state index contributed by atoms with van der Waals surface area (Å²) >= 11 is 11.0. The molecule has 1 N–H and O–H groups in total. The molecule has 0 aromatic carbocycles. The lowest BCUT2D eigenvalue weighted by molar-refractivity contribution is 0.831. The van der Waals surface area contributed by atoms with E-state index in [0.717, 1.165) is 37.6 Å². The Kier molecular flexibility index (Phi) is 5.04. The van der Waals surface area contributed by atoms with Crippen LogP contribution in [0.1, 0.15) is 37.9 Å². The summed E-state index contributed by atoms with van der Waals surface area (Å²) in [5, 5.41) is 3.34. The second kappa shape index (κ2) is 6.41. The van der Waals surface area contributed by atoms with E-state index in [1.54, 1.807) is 0 Å². The van der Waals surface area contributed by atoms with Gasteiger partial charge < -0.3 is 5.32 Å². The zero-order chi connectivity index (χ0) is 14.9. The second-order valence-electron chi connectivity index (χ2n) is 4.81. The molecule has 0 saturated carbocycles. The van der Waals surface area contributed by atoms with Crippen LogP contribution in [0.15, 0.2) is 10.5 Å². The highest BCUT2D eigenvalue weighted by Crippen LogP contribution is 2.38. The molecule has 2 aromatic heterocycles. The first kappa shape index (κ1) is 15.7. The van der Waals surface area contributed by atoms with Crippen LogP contribution >= 0.6 is 38.9 Å². The highest BCUT2D eigenvalue weighted by Gasteiger charge is 2.17. The van der Waals surface area contributed by atoms with Crippen LogP contribution in [0.2, 0.25) is 4.34 Å². The first-order chi connectivity index (χ1) is 9.43. The Morgan fingerprint density at radius 1 is 1.40 bits per heavy atom. The molecule has 2 rings (SSSR count). The Bertz CT molecular complexity index is 606. The van der Waals surface area contributed by atoms with Crippen molar-refractivity contribution >= 4 is 44.7 Å². The number of anilines is 1. The minimum Gasteiger partial charge on any atom is -0.370 e. The molecule has 0 unspecified atom stereocenters. The lowest BCUT2D eigenvalue weighted by Crippen LogP contribution is -2.09. The van der Waals surface area contributed by atoms with Crippen LogP contribution in [0, 0.1) is 6.92 Å². The molecule has 3 nitrogen and oxygen atoms in total. The number of hydrogen-bond acceptors (Lipinski definition) is 4. The molecule has 0 fully saturated rings. The van der Waals surface area contributed by atoms with Gasteiger partial charge >= 0.3 is 0 Å². The minimum atomic E-state index is 0.386. The fraction of sp³-hybridized carbons (Fsp3) is 0.429. The van der Waals surface area contributed by atoms with E-state index >= 15 is 0 Å². The molecule has 108 valence electrons. The maximum absolute atomic E-state index is 6.10. The van der Waals surface area contributed by atoms with E-state index < -0.39 is 0 Å². The van der Waals surface area contributed by atoms with Gasteiger partial charge in [0.25, 0.3) is 0 Å². The van der Waals surface area contributed by atoms with E-state index in [4.69, 9.17) is 11.6 Å². The Balaban J connectivity index is 2.56. The average Bonchev–Trinajstić information content (AvgIpc) is 2.69. The Hall–Kier alpha value is -0.650. The van der Waals surface area contributed by atoms with Gasteiger partial charge in [0.1, 0.15) is 10.2 Å². The van der Waals surface area contributed by atoms with Gasteiger partial charge in [0, 0.05) is 22.3 Å². The largest absolute Gasteiger partial charge is 0.370 e. The molecule has 0 aliphatic heterocycles. The van der Waals surface area contributed by atoms with E-state index in [-0.39, 0.29) is 0 Å². The maximum Gasteiger partial charge on any atom is 0.171 e. The second-order valence-corrected chi connectivity index (χ2v) is 7.32. The molecule has 0 aliphatic rings. The number of halogens is 2. The molecule has 6 heteroatoms. The van der Waals surface area contributed by atoms with Crippen molar-refractivity contribution in [1.29, 1.82) is 0 Å². The highest BCUT2D eigenvalue weighted by atomic mass is 79.9. The summed E-state index contributed by atoms with van der Waals surface area (Å²) in [4.78, 5) is 10.3. The van der Waals surface area contributed by atoms with Crippen molar-refractivity contribution in [3.05, 3.63) is 26.1 Å². The molecule has 0 aliphatic carbocycles. The van der Waals surface area contributed by atoms with Crippen molar-refractivity contribution < 1.29 is 0 Å². The van der Waals surface area contributed by atoms with Gasteiger partial charge in [-0.15, -0.1) is 11.3 Å². The summed E-state index contributed by atoms with van der Waals surface area (Å²) in [6.45, 7) is 9.26. The lowest BCUT2D eigenvalue weighted by atomic mass is 10.0. The normalized spacial score (nSPS) is 11.2. The number of rotatable bonds is 4. The van der Waals surface area contributed by atoms with Crippen molar-refractivity contribution in [2.75, 3.05) is 11.9 Å². The minimum absolute atomic E-state index is 0.386. The first-order valence-electron chi connectivity index (χ1n) is 6.51. The van der Waals surface area contributed by atoms with Gasteiger partial charge in [-0.05, 0) is 41.8 Å². The van der Waals surface area contributed by atoms with Crippen LogP contribution in [-0.2, 0) is 0 Å². The fourth-order valence-electron chi connectivity index (χ4n) is 2.14. The Morgan fingerprint density at radius 3 is 2.60 bits per heavy atom. The van der Waals surface area contributed by atoms with Crippen LogP contribution in [0.5, 0.6) is 0 Å². The van der Waals surface area contributed by atoms with Crippen LogP contribution in [0.25, 0.3) is 10.7 Å². The van der Waals surface area contributed by atoms with E-state index in [2.05, 4.69) is 52.0 Å². The molecule has 0 bridgehead atoms. The monoisotopic (exact) mass is 373 g/mol. The first-order valence-corrected chi connectivity index (χ1v) is 8.50. The molecule has 2 heterocycles. The quantitative estimate of drug-likeness (QED) is 0.769. The van der Waals surface area contributed by atoms with Crippen molar-refractivity contribution in [1.82, 2.24) is 9.97 Å². The summed E-state index contributed by atoms with van der Waals surface area (Å²) < 4.78 is 1.61. The van der Waals surface area contributed by atoms with Crippen molar-refractivity contribution in [2.24, 2.45) is 0 Å². The number of aromatic nitrogens is 2. The van der Waals surface area contributed by atoms with E-state index in [9.17, 15) is 0 Å². The molecule has 0 amide bonds. The highest BCUT2D eigenvalue weighted by molar-refractivity contribution is 9.10. The van der Waals surface area contributed by atoms with Crippen LogP contribution in [-0.4, -0.2) is 16.5 Å². The van der Waals surface area contributed by atoms with Gasteiger partial charge in [0.15, 0.2) is 5.82 Å². The third-order valence-electron chi connectivity index (χ3n) is 2.92. The lowest BCUT2D eigenvalue weighted by Gasteiger charge is -2.16. The number of aryl methyl sites for hydroxylation is 1. The molecular formula is C14H17BrClN3S. The fourth-order valence-corrected chi connectivity index (χ4v) is 3.78. The molecular weight excluding hydrogens is 358 g/mol. The number of nitrogens with zero attached hydrogens (tertiary/aromatic N) is 2. The third kappa shape index (κ3) is 3.15. The van der Waals surface area contributed by atoms with Gasteiger partial charge in [0.05, 0.1) is 4.88 Å². The van der Waals surface area contributed by atoms with E-state index in [1.165, 1.54) is 16.9 Å². The summed E-state index contributed by atoms with van der Waals surface area (Å²) in [5.74, 6) is 2.03. The van der Waals surface area contributed by atoms with Gasteiger partial charge in [-0.3, -0.25) is 0 Å². The van der Waals surface area contributed by atoms with Crippen LogP contribution in [0.3, 0.4) is 0 Å². The summed E-state index contributed by atoms with van der Waals surface area (Å²) in [5.41, 5.74) is 2.19. The molecule has 0 atom stereocenters. The number of thiophene rings is 1. The maximum atomic E-state index is 6.10. The molecule has 2 aromatic rings. The summed E-state index contributed by atoms with van der Waals surface area (Å²) in [6.07, 6.45) is 0. The predicted octanol–water partition coefficient (Wildman–Crippen LogP) is 5.48. The van der Waals surface area contributed by atoms with Crippen molar-refractivity contribution in [2.45, 2.75) is 33.6 Å². The zero-order valence-electron chi connectivity index (χ0n) is 11.9. The van der Waals surface area contributed by atoms with Crippen LogP contribution in [0.4, 0.5) is 5.82 Å². The average molecular weight is 375 g/mol. The molecule has 0 spiro atoms. The van der Waals surface area contributed by atoms with Gasteiger partial charge in [-0.25, -0.2) is 9.97 Å². The molecule has 20 heavy (non-hydrogen) atoms. The molecule has 0 saturated heterocycles. The third-order valence-corrected chi connectivity index (χ3v) is 5.39. The van der Waals surface area contributed by atoms with Gasteiger partial charge in [-0.1, -0.05) is 25.4 Å². The summed E-state index contributed by atoms with van der Waals surface area (Å²) in [6, 6.07) is 1.96. The van der Waals surface area contributed by atoms with Gasteiger partial charge in [0.2, 0.25) is 0 Å². The Morgan fingerprint density at radius 2 is 2.10 bits per heavy atom.